The average molecular weight is 284 g/mol. The number of aliphatic hydroxyl groups is 1. The Labute approximate surface area is 124 Å². The fourth-order valence-electron chi connectivity index (χ4n) is 2.13. The zero-order valence-corrected chi connectivity index (χ0v) is 13.1. The summed E-state index contributed by atoms with van der Waals surface area (Å²) in [5.41, 5.74) is 0. The molecule has 0 heterocycles. The van der Waals surface area contributed by atoms with E-state index in [1.807, 2.05) is 0 Å². The summed E-state index contributed by atoms with van der Waals surface area (Å²) in [5, 5.41) is 8.65. The summed E-state index contributed by atoms with van der Waals surface area (Å²) < 4.78 is 4.60. The third-order valence-electron chi connectivity index (χ3n) is 3.42. The van der Waals surface area contributed by atoms with Crippen molar-refractivity contribution in [2.24, 2.45) is 0 Å². The third kappa shape index (κ3) is 15.2. The number of carbonyl (C=O) groups is 1. The van der Waals surface area contributed by atoms with Crippen LogP contribution in [0.3, 0.4) is 0 Å². The van der Waals surface area contributed by atoms with Gasteiger partial charge >= 0.3 is 5.97 Å². The van der Waals surface area contributed by atoms with Crippen molar-refractivity contribution in [2.45, 2.75) is 77.0 Å². The van der Waals surface area contributed by atoms with E-state index in [4.69, 9.17) is 5.11 Å². The Balaban J connectivity index is 3.11. The van der Waals surface area contributed by atoms with Gasteiger partial charge in [0.05, 0.1) is 7.11 Å². The molecule has 3 heteroatoms. The summed E-state index contributed by atoms with van der Waals surface area (Å²) in [5.74, 6) is -0.0977. The molecule has 0 amide bonds. The van der Waals surface area contributed by atoms with Crippen molar-refractivity contribution in [3.05, 3.63) is 12.2 Å². The summed E-state index contributed by atoms with van der Waals surface area (Å²) in [4.78, 5) is 10.9. The van der Waals surface area contributed by atoms with E-state index in [2.05, 4.69) is 16.9 Å². The molecule has 0 saturated carbocycles. The van der Waals surface area contributed by atoms with Crippen LogP contribution in [-0.4, -0.2) is 24.8 Å². The molecule has 0 aliphatic heterocycles. The van der Waals surface area contributed by atoms with Crippen molar-refractivity contribution >= 4 is 5.97 Å². The lowest BCUT2D eigenvalue weighted by molar-refractivity contribution is -0.140. The summed E-state index contributed by atoms with van der Waals surface area (Å²) in [7, 11) is 1.44. The molecule has 20 heavy (non-hydrogen) atoms. The first-order valence-corrected chi connectivity index (χ1v) is 8.14. The van der Waals surface area contributed by atoms with Crippen LogP contribution in [0, 0.1) is 0 Å². The number of hydrogen-bond acceptors (Lipinski definition) is 3. The number of ether oxygens (including phenoxy) is 1. The molecule has 1 N–H and O–H groups in total. The van der Waals surface area contributed by atoms with E-state index in [0.717, 1.165) is 38.5 Å². The molecule has 0 bridgehead atoms. The number of rotatable bonds is 14. The molecular formula is C17H32O3. The topological polar surface area (TPSA) is 46.5 Å². The fourth-order valence-corrected chi connectivity index (χ4v) is 2.13. The maximum atomic E-state index is 10.9. The van der Waals surface area contributed by atoms with Crippen LogP contribution in [0.5, 0.6) is 0 Å². The van der Waals surface area contributed by atoms with Crippen LogP contribution >= 0.6 is 0 Å². The van der Waals surface area contributed by atoms with Crippen molar-refractivity contribution in [2.75, 3.05) is 13.7 Å². The van der Waals surface area contributed by atoms with Gasteiger partial charge in [0.2, 0.25) is 0 Å². The first kappa shape index (κ1) is 19.2. The predicted octanol–water partition coefficient (Wildman–Crippen LogP) is 4.39. The number of esters is 1. The van der Waals surface area contributed by atoms with Gasteiger partial charge in [-0.3, -0.25) is 4.79 Å². The molecule has 0 unspecified atom stereocenters. The molecule has 0 aromatic rings. The SMILES string of the molecule is COC(=O)CCCCCC=CCCCCCCCCO. The average Bonchev–Trinajstić information content (AvgIpc) is 2.47. The fraction of sp³-hybridized carbons (Fsp3) is 0.824. The Hall–Kier alpha value is -0.830. The van der Waals surface area contributed by atoms with Gasteiger partial charge in [0.25, 0.3) is 0 Å². The summed E-state index contributed by atoms with van der Waals surface area (Å²) >= 11 is 0. The first-order chi connectivity index (χ1) is 9.81. The highest BCUT2D eigenvalue weighted by Crippen LogP contribution is 2.08. The van der Waals surface area contributed by atoms with Crippen molar-refractivity contribution in [1.82, 2.24) is 0 Å². The monoisotopic (exact) mass is 284 g/mol. The van der Waals surface area contributed by atoms with Gasteiger partial charge in [-0.05, 0) is 38.5 Å². The zero-order chi connectivity index (χ0) is 14.9. The molecule has 0 radical (unpaired) electrons. The lowest BCUT2D eigenvalue weighted by Crippen LogP contribution is -1.98. The Morgan fingerprint density at radius 3 is 1.90 bits per heavy atom. The van der Waals surface area contributed by atoms with Gasteiger partial charge in [-0.15, -0.1) is 0 Å². The van der Waals surface area contributed by atoms with E-state index < -0.39 is 0 Å². The summed E-state index contributed by atoms with van der Waals surface area (Å²) in [6.45, 7) is 0.336. The molecule has 3 nitrogen and oxygen atoms in total. The van der Waals surface area contributed by atoms with Gasteiger partial charge in [0, 0.05) is 13.0 Å². The van der Waals surface area contributed by atoms with E-state index in [1.54, 1.807) is 0 Å². The number of unbranched alkanes of at least 4 members (excludes halogenated alkanes) is 9. The van der Waals surface area contributed by atoms with Gasteiger partial charge in [0.15, 0.2) is 0 Å². The molecule has 0 aliphatic rings. The van der Waals surface area contributed by atoms with E-state index >= 15 is 0 Å². The maximum Gasteiger partial charge on any atom is 0.305 e. The van der Waals surface area contributed by atoms with Gasteiger partial charge in [0.1, 0.15) is 0 Å². The molecule has 118 valence electrons. The second-order valence-corrected chi connectivity index (χ2v) is 5.28. The molecule has 0 fully saturated rings. The number of allylic oxidation sites excluding steroid dienone is 2. The summed E-state index contributed by atoms with van der Waals surface area (Å²) in [6, 6.07) is 0. The predicted molar refractivity (Wildman–Crippen MR) is 83.6 cm³/mol. The van der Waals surface area contributed by atoms with Crippen molar-refractivity contribution in [3.8, 4) is 0 Å². The lowest BCUT2D eigenvalue weighted by atomic mass is 10.1. The second-order valence-electron chi connectivity index (χ2n) is 5.28. The van der Waals surface area contributed by atoms with Gasteiger partial charge < -0.3 is 9.84 Å². The number of hydrogen-bond donors (Lipinski definition) is 1. The molecule has 0 aromatic carbocycles. The molecular weight excluding hydrogens is 252 g/mol. The Morgan fingerprint density at radius 1 is 0.850 bits per heavy atom. The molecule has 0 spiro atoms. The molecule has 0 rings (SSSR count). The Bertz CT molecular complexity index is 236. The van der Waals surface area contributed by atoms with E-state index in [0.29, 0.717) is 13.0 Å². The minimum Gasteiger partial charge on any atom is -0.469 e. The molecule has 0 aromatic heterocycles. The normalized spacial score (nSPS) is 11.1. The van der Waals surface area contributed by atoms with Crippen molar-refractivity contribution < 1.29 is 14.6 Å². The van der Waals surface area contributed by atoms with E-state index in [9.17, 15) is 4.79 Å². The Kier molecular flexibility index (Phi) is 15.6. The second kappa shape index (κ2) is 16.2. The number of methoxy groups -OCH3 is 1. The van der Waals surface area contributed by atoms with Crippen LogP contribution in [0.25, 0.3) is 0 Å². The third-order valence-corrected chi connectivity index (χ3v) is 3.42. The van der Waals surface area contributed by atoms with E-state index in [-0.39, 0.29) is 5.97 Å². The van der Waals surface area contributed by atoms with E-state index in [1.165, 1.54) is 39.2 Å². The molecule has 0 aliphatic carbocycles. The summed E-state index contributed by atoms with van der Waals surface area (Å²) in [6.07, 6.45) is 17.9. The van der Waals surface area contributed by atoms with Gasteiger partial charge in [-0.1, -0.05) is 44.3 Å². The van der Waals surface area contributed by atoms with Gasteiger partial charge in [-0.2, -0.15) is 0 Å². The quantitative estimate of drug-likeness (QED) is 0.292. The standard InChI is InChI=1S/C17H32O3/c1-20-17(19)15-13-11-9-7-5-3-2-4-6-8-10-12-14-16-18/h3,5,18H,2,4,6-16H2,1H3. The lowest BCUT2D eigenvalue weighted by Gasteiger charge is -1.99. The minimum absolute atomic E-state index is 0.0977. The highest BCUT2D eigenvalue weighted by atomic mass is 16.5. The van der Waals surface area contributed by atoms with Crippen LogP contribution in [0.15, 0.2) is 12.2 Å². The number of carbonyl (C=O) groups excluding carboxylic acids is 1. The Morgan fingerprint density at radius 2 is 1.35 bits per heavy atom. The zero-order valence-electron chi connectivity index (χ0n) is 13.1. The maximum absolute atomic E-state index is 10.9. The largest absolute Gasteiger partial charge is 0.469 e. The highest BCUT2D eigenvalue weighted by molar-refractivity contribution is 5.68. The van der Waals surface area contributed by atoms with Crippen LogP contribution in [0.2, 0.25) is 0 Å². The molecule has 0 saturated heterocycles. The van der Waals surface area contributed by atoms with Crippen LogP contribution < -0.4 is 0 Å². The van der Waals surface area contributed by atoms with Crippen LogP contribution in [-0.2, 0) is 9.53 Å². The van der Waals surface area contributed by atoms with Crippen LogP contribution in [0.1, 0.15) is 77.0 Å². The number of aliphatic hydroxyl groups excluding tert-OH is 1. The van der Waals surface area contributed by atoms with Crippen molar-refractivity contribution in [1.29, 1.82) is 0 Å². The minimum atomic E-state index is -0.0977. The van der Waals surface area contributed by atoms with Crippen LogP contribution in [0.4, 0.5) is 0 Å². The highest BCUT2D eigenvalue weighted by Gasteiger charge is 1.98. The smallest absolute Gasteiger partial charge is 0.305 e. The first-order valence-electron chi connectivity index (χ1n) is 8.14. The van der Waals surface area contributed by atoms with Crippen molar-refractivity contribution in [3.63, 3.8) is 0 Å². The van der Waals surface area contributed by atoms with Gasteiger partial charge in [-0.25, -0.2) is 0 Å². The molecule has 0 atom stereocenters.